The van der Waals surface area contributed by atoms with Crippen molar-refractivity contribution in [3.05, 3.63) is 28.8 Å². The Balaban J connectivity index is 2.08. The van der Waals surface area contributed by atoms with E-state index in [1.807, 2.05) is 6.92 Å². The molecule has 1 aromatic rings. The van der Waals surface area contributed by atoms with Gasteiger partial charge in [0.15, 0.2) is 0 Å². The number of carboxylic acid groups (broad SMARTS) is 1. The topological polar surface area (TPSA) is 72.5 Å². The number of aryl methyl sites for hydroxylation is 1. The van der Waals surface area contributed by atoms with Gasteiger partial charge in [-0.05, 0) is 67.9 Å². The predicted molar refractivity (Wildman–Crippen MR) is 78.2 cm³/mol. The van der Waals surface area contributed by atoms with Gasteiger partial charge in [0.05, 0.1) is 6.61 Å². The molecule has 1 aliphatic carbocycles. The Kier molecular flexibility index (Phi) is 5.01. The molecule has 20 heavy (non-hydrogen) atoms. The molecule has 0 spiro atoms. The SMILES string of the molecule is CCOc1cc(CCCCC(=O)O)c2c(c1)CC(N)C2. The number of hydrogen-bond acceptors (Lipinski definition) is 3. The van der Waals surface area contributed by atoms with Gasteiger partial charge in [-0.15, -0.1) is 0 Å². The number of carbonyl (C=O) groups is 1. The van der Waals surface area contributed by atoms with Crippen molar-refractivity contribution in [1.29, 1.82) is 0 Å². The van der Waals surface area contributed by atoms with E-state index in [1.165, 1.54) is 16.7 Å². The number of carboxylic acids is 1. The van der Waals surface area contributed by atoms with Crippen molar-refractivity contribution in [2.45, 2.75) is 51.5 Å². The highest BCUT2D eigenvalue weighted by atomic mass is 16.5. The first-order valence-corrected chi connectivity index (χ1v) is 7.35. The van der Waals surface area contributed by atoms with Crippen LogP contribution in [0, 0.1) is 0 Å². The molecule has 1 aliphatic rings. The van der Waals surface area contributed by atoms with Gasteiger partial charge in [0.1, 0.15) is 5.75 Å². The molecule has 0 amide bonds. The van der Waals surface area contributed by atoms with Gasteiger partial charge in [-0.25, -0.2) is 0 Å². The molecule has 3 N–H and O–H groups in total. The van der Waals surface area contributed by atoms with Crippen LogP contribution in [0.4, 0.5) is 0 Å². The molecule has 0 heterocycles. The third-order valence-electron chi connectivity index (χ3n) is 3.75. The Morgan fingerprint density at radius 2 is 2.20 bits per heavy atom. The maximum Gasteiger partial charge on any atom is 0.303 e. The molecule has 1 atom stereocenters. The zero-order chi connectivity index (χ0) is 14.5. The second-order valence-electron chi connectivity index (χ2n) is 5.42. The van der Waals surface area contributed by atoms with Gasteiger partial charge in [-0.2, -0.15) is 0 Å². The van der Waals surface area contributed by atoms with E-state index in [1.54, 1.807) is 0 Å². The summed E-state index contributed by atoms with van der Waals surface area (Å²) < 4.78 is 5.62. The molecule has 0 radical (unpaired) electrons. The maximum absolute atomic E-state index is 10.5. The standard InChI is InChI=1S/C16H23NO3/c1-2-20-14-8-11(5-3-4-6-16(18)19)15-10-13(17)7-12(15)9-14/h8-9,13H,2-7,10,17H2,1H3,(H,18,19). The van der Waals surface area contributed by atoms with Crippen LogP contribution in [0.25, 0.3) is 0 Å². The van der Waals surface area contributed by atoms with Crippen LogP contribution < -0.4 is 10.5 Å². The van der Waals surface area contributed by atoms with Gasteiger partial charge in [0.25, 0.3) is 0 Å². The lowest BCUT2D eigenvalue weighted by molar-refractivity contribution is -0.137. The highest BCUT2D eigenvalue weighted by Crippen LogP contribution is 2.30. The largest absolute Gasteiger partial charge is 0.494 e. The van der Waals surface area contributed by atoms with Crippen LogP contribution in [0.1, 0.15) is 42.9 Å². The van der Waals surface area contributed by atoms with Crippen LogP contribution in [-0.2, 0) is 24.1 Å². The number of nitrogens with two attached hydrogens (primary N) is 1. The van der Waals surface area contributed by atoms with Crippen molar-refractivity contribution >= 4 is 5.97 Å². The van der Waals surface area contributed by atoms with E-state index < -0.39 is 5.97 Å². The van der Waals surface area contributed by atoms with Crippen molar-refractivity contribution < 1.29 is 14.6 Å². The summed E-state index contributed by atoms with van der Waals surface area (Å²) in [5, 5.41) is 8.68. The van der Waals surface area contributed by atoms with Crippen molar-refractivity contribution in [3.8, 4) is 5.75 Å². The van der Waals surface area contributed by atoms with Crippen molar-refractivity contribution in [3.63, 3.8) is 0 Å². The highest BCUT2D eigenvalue weighted by molar-refractivity contribution is 5.66. The second kappa shape index (κ2) is 6.75. The Hall–Kier alpha value is -1.55. The summed E-state index contributed by atoms with van der Waals surface area (Å²) in [4.78, 5) is 10.5. The minimum atomic E-state index is -0.722. The lowest BCUT2D eigenvalue weighted by atomic mass is 9.98. The van der Waals surface area contributed by atoms with Crippen LogP contribution >= 0.6 is 0 Å². The summed E-state index contributed by atoms with van der Waals surface area (Å²) in [6.07, 6.45) is 4.60. The van der Waals surface area contributed by atoms with E-state index >= 15 is 0 Å². The van der Waals surface area contributed by atoms with Crippen molar-refractivity contribution in [2.24, 2.45) is 5.73 Å². The van der Waals surface area contributed by atoms with Gasteiger partial charge in [-0.3, -0.25) is 4.79 Å². The summed E-state index contributed by atoms with van der Waals surface area (Å²) in [7, 11) is 0. The predicted octanol–water partition coefficient (Wildman–Crippen LogP) is 2.31. The molecule has 0 aromatic heterocycles. The highest BCUT2D eigenvalue weighted by Gasteiger charge is 2.22. The van der Waals surface area contributed by atoms with Crippen molar-refractivity contribution in [2.75, 3.05) is 6.61 Å². The van der Waals surface area contributed by atoms with Gasteiger partial charge < -0.3 is 15.6 Å². The van der Waals surface area contributed by atoms with E-state index in [4.69, 9.17) is 15.6 Å². The summed E-state index contributed by atoms with van der Waals surface area (Å²) in [5.74, 6) is 0.189. The quantitative estimate of drug-likeness (QED) is 0.750. The normalized spacial score (nSPS) is 17.0. The lowest BCUT2D eigenvalue weighted by Gasteiger charge is -2.12. The minimum absolute atomic E-state index is 0.208. The average molecular weight is 277 g/mol. The summed E-state index contributed by atoms with van der Waals surface area (Å²) in [6, 6.07) is 4.41. The molecule has 0 bridgehead atoms. The van der Waals surface area contributed by atoms with E-state index in [0.29, 0.717) is 6.61 Å². The Morgan fingerprint density at radius 3 is 2.90 bits per heavy atom. The fourth-order valence-electron chi connectivity index (χ4n) is 2.89. The van der Waals surface area contributed by atoms with Gasteiger partial charge in [0.2, 0.25) is 0 Å². The lowest BCUT2D eigenvalue weighted by Crippen LogP contribution is -2.19. The average Bonchev–Trinajstić information content (AvgIpc) is 2.75. The van der Waals surface area contributed by atoms with Crippen LogP contribution in [-0.4, -0.2) is 23.7 Å². The fourth-order valence-corrected chi connectivity index (χ4v) is 2.89. The summed E-state index contributed by atoms with van der Waals surface area (Å²) in [5.41, 5.74) is 10.00. The molecule has 110 valence electrons. The third-order valence-corrected chi connectivity index (χ3v) is 3.75. The van der Waals surface area contributed by atoms with Crippen molar-refractivity contribution in [1.82, 2.24) is 0 Å². The van der Waals surface area contributed by atoms with E-state index in [0.717, 1.165) is 37.9 Å². The summed E-state index contributed by atoms with van der Waals surface area (Å²) >= 11 is 0. The number of rotatable bonds is 7. The molecule has 4 nitrogen and oxygen atoms in total. The van der Waals surface area contributed by atoms with E-state index in [9.17, 15) is 4.79 Å². The zero-order valence-electron chi connectivity index (χ0n) is 12.0. The number of unbranched alkanes of at least 4 members (excludes halogenated alkanes) is 1. The molecule has 2 rings (SSSR count). The molecule has 0 saturated heterocycles. The first kappa shape index (κ1) is 14.9. The number of hydrogen-bond donors (Lipinski definition) is 2. The first-order chi connectivity index (χ1) is 9.60. The van der Waals surface area contributed by atoms with Crippen LogP contribution in [0.3, 0.4) is 0 Å². The minimum Gasteiger partial charge on any atom is -0.494 e. The maximum atomic E-state index is 10.5. The molecule has 1 unspecified atom stereocenters. The van der Waals surface area contributed by atoms with E-state index in [2.05, 4.69) is 12.1 Å². The molecular formula is C16H23NO3. The van der Waals surface area contributed by atoms with Gasteiger partial charge in [-0.1, -0.05) is 0 Å². The first-order valence-electron chi connectivity index (χ1n) is 7.35. The fraction of sp³-hybridized carbons (Fsp3) is 0.562. The Labute approximate surface area is 119 Å². The van der Waals surface area contributed by atoms with Gasteiger partial charge in [0, 0.05) is 12.5 Å². The molecule has 1 aromatic carbocycles. The second-order valence-corrected chi connectivity index (χ2v) is 5.42. The van der Waals surface area contributed by atoms with Crippen LogP contribution in [0.5, 0.6) is 5.75 Å². The van der Waals surface area contributed by atoms with E-state index in [-0.39, 0.29) is 12.5 Å². The third kappa shape index (κ3) is 3.73. The molecule has 4 heteroatoms. The number of aliphatic carboxylic acids is 1. The van der Waals surface area contributed by atoms with Gasteiger partial charge >= 0.3 is 5.97 Å². The number of fused-ring (bicyclic) bond motifs is 1. The Morgan fingerprint density at radius 1 is 1.40 bits per heavy atom. The number of benzene rings is 1. The molecular weight excluding hydrogens is 254 g/mol. The van der Waals surface area contributed by atoms with Crippen LogP contribution in [0.2, 0.25) is 0 Å². The zero-order valence-corrected chi connectivity index (χ0v) is 12.0. The Bertz CT molecular complexity index is 485. The monoisotopic (exact) mass is 277 g/mol. The molecule has 0 fully saturated rings. The smallest absolute Gasteiger partial charge is 0.303 e. The molecule has 0 aliphatic heterocycles. The number of ether oxygens (including phenoxy) is 1. The van der Waals surface area contributed by atoms with Crippen LogP contribution in [0.15, 0.2) is 12.1 Å². The summed E-state index contributed by atoms with van der Waals surface area (Å²) in [6.45, 7) is 2.63. The molecule has 0 saturated carbocycles.